The van der Waals surface area contributed by atoms with Crippen molar-refractivity contribution in [2.45, 2.75) is 19.3 Å². The van der Waals surface area contributed by atoms with E-state index in [2.05, 4.69) is 31.9 Å². The summed E-state index contributed by atoms with van der Waals surface area (Å²) in [5.41, 5.74) is 3.53. The molecule has 2 aromatic carbocycles. The molecule has 0 bridgehead atoms. The monoisotopic (exact) mass is 490 g/mol. The number of allylic oxidation sites excluding steroid dienone is 2. The number of rotatable bonds is 4. The van der Waals surface area contributed by atoms with Crippen molar-refractivity contribution in [2.75, 3.05) is 14.2 Å². The molecule has 1 saturated carbocycles. The Kier molecular flexibility index (Phi) is 6.55. The third-order valence-electron chi connectivity index (χ3n) is 4.54. The van der Waals surface area contributed by atoms with Crippen LogP contribution in [0, 0.1) is 0 Å². The molecule has 1 aliphatic rings. The smallest absolute Gasteiger partial charge is 0.185 e. The summed E-state index contributed by atoms with van der Waals surface area (Å²) in [5, 5.41) is 0. The Bertz CT molecular complexity index is 856. The maximum absolute atomic E-state index is 13.0. The number of carbonyl (C=O) groups is 1. The topological polar surface area (TPSA) is 35.5 Å². The predicted molar refractivity (Wildman–Crippen MR) is 116 cm³/mol. The molecule has 3 rings (SSSR count). The largest absolute Gasteiger partial charge is 0.497 e. The van der Waals surface area contributed by atoms with Crippen molar-refractivity contribution in [3.8, 4) is 11.5 Å². The number of ketones is 1. The van der Waals surface area contributed by atoms with Gasteiger partial charge in [0.25, 0.3) is 0 Å². The van der Waals surface area contributed by atoms with Crippen LogP contribution in [0.2, 0.25) is 0 Å². The van der Waals surface area contributed by atoms with Crippen LogP contribution in [0.15, 0.2) is 56.5 Å². The van der Waals surface area contributed by atoms with Crippen molar-refractivity contribution in [1.29, 1.82) is 0 Å². The summed E-state index contributed by atoms with van der Waals surface area (Å²) in [4.78, 5) is 13.0. The minimum absolute atomic E-state index is 0.102. The quantitative estimate of drug-likeness (QED) is 0.461. The first-order valence-corrected chi connectivity index (χ1v) is 10.2. The molecule has 5 heteroatoms. The molecule has 3 nitrogen and oxygen atoms in total. The molecule has 0 N–H and O–H groups in total. The average Bonchev–Trinajstić information content (AvgIpc) is 2.68. The lowest BCUT2D eigenvalue weighted by molar-refractivity contribution is -0.112. The normalized spacial score (nSPS) is 17.4. The number of halogens is 2. The van der Waals surface area contributed by atoms with Crippen LogP contribution in [0.5, 0.6) is 11.5 Å². The summed E-state index contributed by atoms with van der Waals surface area (Å²) in [7, 11) is 3.28. The van der Waals surface area contributed by atoms with Crippen molar-refractivity contribution in [3.63, 3.8) is 0 Å². The number of hydrogen-bond donors (Lipinski definition) is 0. The van der Waals surface area contributed by atoms with Gasteiger partial charge in [-0.2, -0.15) is 0 Å². The standard InChI is InChI=1S/C22H20Br2O3/c1-26-18-6-8-20(23)16(12-18)10-14-4-3-5-15(22(14)25)11-17-13-19(27-2)7-9-21(17)24/h6-13H,3-5H2,1-2H3/b14-10+,15-11+. The van der Waals surface area contributed by atoms with Crippen LogP contribution >= 0.6 is 31.9 Å². The Balaban J connectivity index is 1.95. The van der Waals surface area contributed by atoms with Gasteiger partial charge in [0.15, 0.2) is 5.78 Å². The number of ether oxygens (including phenoxy) is 2. The highest BCUT2D eigenvalue weighted by atomic mass is 79.9. The van der Waals surface area contributed by atoms with Crippen LogP contribution in [0.25, 0.3) is 12.2 Å². The molecule has 140 valence electrons. The van der Waals surface area contributed by atoms with E-state index in [4.69, 9.17) is 9.47 Å². The molecule has 1 aliphatic carbocycles. The van der Waals surface area contributed by atoms with E-state index in [1.807, 2.05) is 48.6 Å². The van der Waals surface area contributed by atoms with Gasteiger partial charge in [0, 0.05) is 20.1 Å². The van der Waals surface area contributed by atoms with Crippen LogP contribution < -0.4 is 9.47 Å². The molecule has 0 unspecified atom stereocenters. The average molecular weight is 492 g/mol. The first kappa shape index (κ1) is 19.9. The van der Waals surface area contributed by atoms with E-state index in [9.17, 15) is 4.79 Å². The zero-order chi connectivity index (χ0) is 19.4. The molecule has 0 radical (unpaired) electrons. The first-order valence-electron chi connectivity index (χ1n) is 8.64. The molecule has 0 spiro atoms. The molecule has 0 atom stereocenters. The Labute approximate surface area is 176 Å². The number of benzene rings is 2. The zero-order valence-electron chi connectivity index (χ0n) is 15.2. The van der Waals surface area contributed by atoms with Crippen LogP contribution in [-0.4, -0.2) is 20.0 Å². The van der Waals surface area contributed by atoms with E-state index in [-0.39, 0.29) is 5.78 Å². The molecule has 1 fully saturated rings. The number of carbonyl (C=O) groups excluding carboxylic acids is 1. The lowest BCUT2D eigenvalue weighted by atomic mass is 9.87. The van der Waals surface area contributed by atoms with E-state index in [1.165, 1.54) is 0 Å². The molecule has 0 heterocycles. The highest BCUT2D eigenvalue weighted by Gasteiger charge is 2.21. The van der Waals surface area contributed by atoms with Crippen LogP contribution in [0.4, 0.5) is 0 Å². The Morgan fingerprint density at radius 3 is 1.67 bits per heavy atom. The molecular formula is C22H20Br2O3. The van der Waals surface area contributed by atoms with E-state index < -0.39 is 0 Å². The van der Waals surface area contributed by atoms with Gasteiger partial charge < -0.3 is 9.47 Å². The molecular weight excluding hydrogens is 472 g/mol. The zero-order valence-corrected chi connectivity index (χ0v) is 18.4. The summed E-state index contributed by atoms with van der Waals surface area (Å²) in [6.45, 7) is 0. The van der Waals surface area contributed by atoms with Gasteiger partial charge in [-0.1, -0.05) is 31.9 Å². The van der Waals surface area contributed by atoms with Crippen molar-refractivity contribution in [2.24, 2.45) is 0 Å². The SMILES string of the molecule is COc1ccc(Br)c(/C=C2\CCC/C(=C\c3cc(OC)ccc3Br)C2=O)c1. The maximum atomic E-state index is 13.0. The fourth-order valence-corrected chi connectivity index (χ4v) is 3.79. The Morgan fingerprint density at radius 2 is 1.26 bits per heavy atom. The van der Waals surface area contributed by atoms with Crippen LogP contribution in [-0.2, 0) is 4.79 Å². The maximum Gasteiger partial charge on any atom is 0.185 e. The molecule has 0 saturated heterocycles. The van der Waals surface area contributed by atoms with Gasteiger partial charge in [-0.25, -0.2) is 0 Å². The van der Waals surface area contributed by atoms with E-state index >= 15 is 0 Å². The lowest BCUT2D eigenvalue weighted by Gasteiger charge is -2.17. The van der Waals surface area contributed by atoms with Crippen molar-refractivity contribution in [3.05, 3.63) is 67.6 Å². The van der Waals surface area contributed by atoms with Crippen molar-refractivity contribution >= 4 is 49.8 Å². The predicted octanol–water partition coefficient (Wildman–Crippen LogP) is 6.45. The summed E-state index contributed by atoms with van der Waals surface area (Å²) in [6, 6.07) is 11.5. The molecule has 27 heavy (non-hydrogen) atoms. The van der Waals surface area contributed by atoms with E-state index in [0.29, 0.717) is 0 Å². The van der Waals surface area contributed by atoms with Gasteiger partial charge >= 0.3 is 0 Å². The fraction of sp³-hybridized carbons (Fsp3) is 0.227. The minimum atomic E-state index is 0.102. The number of Topliss-reactive ketones (excluding diaryl/α,β-unsaturated/α-hetero) is 1. The van der Waals surface area contributed by atoms with Gasteiger partial charge in [-0.15, -0.1) is 0 Å². The second-order valence-electron chi connectivity index (χ2n) is 6.30. The number of methoxy groups -OCH3 is 2. The van der Waals surface area contributed by atoms with E-state index in [0.717, 1.165) is 62.0 Å². The highest BCUT2D eigenvalue weighted by Crippen LogP contribution is 2.32. The summed E-state index contributed by atoms with van der Waals surface area (Å²) in [6.07, 6.45) is 6.43. The molecule has 0 aliphatic heterocycles. The Morgan fingerprint density at radius 1 is 0.815 bits per heavy atom. The Hall–Kier alpha value is -1.85. The van der Waals surface area contributed by atoms with Crippen molar-refractivity contribution < 1.29 is 14.3 Å². The highest BCUT2D eigenvalue weighted by molar-refractivity contribution is 9.10. The van der Waals surface area contributed by atoms with Gasteiger partial charge in [0.2, 0.25) is 0 Å². The second-order valence-corrected chi connectivity index (χ2v) is 8.01. The van der Waals surface area contributed by atoms with Gasteiger partial charge in [-0.05, 0) is 78.9 Å². The third-order valence-corrected chi connectivity index (χ3v) is 5.99. The summed E-state index contributed by atoms with van der Waals surface area (Å²) < 4.78 is 12.5. The lowest BCUT2D eigenvalue weighted by Crippen LogP contribution is -2.12. The molecule has 0 aromatic heterocycles. The molecule has 0 amide bonds. The third kappa shape index (κ3) is 4.71. The van der Waals surface area contributed by atoms with Crippen LogP contribution in [0.1, 0.15) is 30.4 Å². The van der Waals surface area contributed by atoms with Crippen LogP contribution in [0.3, 0.4) is 0 Å². The summed E-state index contributed by atoms with van der Waals surface area (Å²) in [5.74, 6) is 1.64. The second kappa shape index (κ2) is 8.89. The van der Waals surface area contributed by atoms with E-state index in [1.54, 1.807) is 14.2 Å². The minimum Gasteiger partial charge on any atom is -0.497 e. The summed E-state index contributed by atoms with van der Waals surface area (Å²) >= 11 is 7.11. The van der Waals surface area contributed by atoms with Crippen molar-refractivity contribution in [1.82, 2.24) is 0 Å². The first-order chi connectivity index (χ1) is 13.0. The van der Waals surface area contributed by atoms with Gasteiger partial charge in [0.05, 0.1) is 14.2 Å². The number of hydrogen-bond acceptors (Lipinski definition) is 3. The fourth-order valence-electron chi connectivity index (χ4n) is 3.07. The molecule has 2 aromatic rings. The van der Waals surface area contributed by atoms with Gasteiger partial charge in [-0.3, -0.25) is 4.79 Å². The van der Waals surface area contributed by atoms with Gasteiger partial charge in [0.1, 0.15) is 11.5 Å².